The number of anilines is 1. The smallest absolute Gasteiger partial charge is 0.313 e. The minimum Gasteiger partial charge on any atom is -0.347 e. The van der Waals surface area contributed by atoms with Crippen LogP contribution >= 0.6 is 23.2 Å². The molecule has 2 rings (SSSR count). The van der Waals surface area contributed by atoms with Gasteiger partial charge in [-0.3, -0.25) is 9.59 Å². The second-order valence-corrected chi connectivity index (χ2v) is 5.47. The van der Waals surface area contributed by atoms with E-state index in [2.05, 4.69) is 10.6 Å². The first-order valence-electron chi connectivity index (χ1n) is 6.64. The van der Waals surface area contributed by atoms with E-state index < -0.39 is 11.8 Å². The van der Waals surface area contributed by atoms with E-state index in [4.69, 9.17) is 23.2 Å². The molecule has 0 saturated heterocycles. The van der Waals surface area contributed by atoms with Gasteiger partial charge in [-0.05, 0) is 42.3 Å². The van der Waals surface area contributed by atoms with Gasteiger partial charge in [-0.2, -0.15) is 0 Å². The normalized spacial score (nSPS) is 10.1. The molecule has 0 fully saturated rings. The minimum atomic E-state index is -0.728. The van der Waals surface area contributed by atoms with Crippen LogP contribution < -0.4 is 10.6 Å². The molecule has 0 saturated carbocycles. The third kappa shape index (κ3) is 5.06. The summed E-state index contributed by atoms with van der Waals surface area (Å²) in [6, 6.07) is 13.9. The topological polar surface area (TPSA) is 58.2 Å². The van der Waals surface area contributed by atoms with Crippen molar-refractivity contribution in [2.75, 3.05) is 11.9 Å². The summed E-state index contributed by atoms with van der Waals surface area (Å²) >= 11 is 11.7. The van der Waals surface area contributed by atoms with Crippen LogP contribution in [-0.2, 0) is 16.0 Å². The summed E-state index contributed by atoms with van der Waals surface area (Å²) in [5, 5.41) is 6.17. The molecule has 0 aliphatic heterocycles. The van der Waals surface area contributed by atoms with E-state index in [9.17, 15) is 9.59 Å². The summed E-state index contributed by atoms with van der Waals surface area (Å²) in [4.78, 5) is 23.4. The lowest BCUT2D eigenvalue weighted by Crippen LogP contribution is -2.36. The van der Waals surface area contributed by atoms with Gasteiger partial charge in [0.1, 0.15) is 0 Å². The quantitative estimate of drug-likeness (QED) is 0.841. The lowest BCUT2D eigenvalue weighted by Gasteiger charge is -2.07. The zero-order valence-corrected chi connectivity index (χ0v) is 13.1. The van der Waals surface area contributed by atoms with E-state index in [0.717, 1.165) is 5.56 Å². The number of amides is 2. The third-order valence-electron chi connectivity index (χ3n) is 2.88. The first-order chi connectivity index (χ1) is 10.5. The zero-order valence-electron chi connectivity index (χ0n) is 11.6. The van der Waals surface area contributed by atoms with Gasteiger partial charge in [-0.25, -0.2) is 0 Å². The standard InChI is InChI=1S/C16H14Cl2N2O2/c17-12-4-1-3-11(9-12)7-8-19-15(21)16(22)20-14-6-2-5-13(18)10-14/h1-6,9-10H,7-8H2,(H,19,21)(H,20,22). The molecule has 2 aromatic carbocycles. The van der Waals surface area contributed by atoms with E-state index in [0.29, 0.717) is 28.7 Å². The molecule has 0 unspecified atom stereocenters. The van der Waals surface area contributed by atoms with Crippen LogP contribution in [0.15, 0.2) is 48.5 Å². The van der Waals surface area contributed by atoms with E-state index in [1.807, 2.05) is 18.2 Å². The number of hydrogen-bond acceptors (Lipinski definition) is 2. The SMILES string of the molecule is O=C(NCCc1cccc(Cl)c1)C(=O)Nc1cccc(Cl)c1. The first kappa shape index (κ1) is 16.3. The number of carbonyl (C=O) groups excluding carboxylic acids is 2. The summed E-state index contributed by atoms with van der Waals surface area (Å²) in [5.41, 5.74) is 1.46. The highest BCUT2D eigenvalue weighted by Gasteiger charge is 2.13. The molecular weight excluding hydrogens is 323 g/mol. The van der Waals surface area contributed by atoms with Crippen molar-refractivity contribution in [2.24, 2.45) is 0 Å². The Kier molecular flexibility index (Phi) is 5.81. The van der Waals surface area contributed by atoms with Gasteiger partial charge < -0.3 is 10.6 Å². The maximum absolute atomic E-state index is 11.7. The Morgan fingerprint density at radius 3 is 2.27 bits per heavy atom. The molecule has 22 heavy (non-hydrogen) atoms. The molecule has 0 heterocycles. The van der Waals surface area contributed by atoms with Gasteiger partial charge in [-0.15, -0.1) is 0 Å². The van der Waals surface area contributed by atoms with Crippen molar-refractivity contribution in [2.45, 2.75) is 6.42 Å². The summed E-state index contributed by atoms with van der Waals surface area (Å²) in [5.74, 6) is -1.42. The van der Waals surface area contributed by atoms with Crippen molar-refractivity contribution >= 4 is 40.7 Å². The van der Waals surface area contributed by atoms with E-state index in [1.165, 1.54) is 0 Å². The van der Waals surface area contributed by atoms with Crippen LogP contribution in [0, 0.1) is 0 Å². The largest absolute Gasteiger partial charge is 0.347 e. The molecule has 2 N–H and O–H groups in total. The summed E-state index contributed by atoms with van der Waals surface area (Å²) in [6.07, 6.45) is 0.594. The summed E-state index contributed by atoms with van der Waals surface area (Å²) in [6.45, 7) is 0.349. The van der Waals surface area contributed by atoms with Gasteiger partial charge in [0.25, 0.3) is 0 Å². The fraction of sp³-hybridized carbons (Fsp3) is 0.125. The number of hydrogen-bond donors (Lipinski definition) is 2. The van der Waals surface area contributed by atoms with E-state index in [1.54, 1.807) is 30.3 Å². The van der Waals surface area contributed by atoms with Gasteiger partial charge in [0.05, 0.1) is 0 Å². The van der Waals surface area contributed by atoms with Crippen LogP contribution in [-0.4, -0.2) is 18.4 Å². The second kappa shape index (κ2) is 7.82. The van der Waals surface area contributed by atoms with Crippen LogP contribution in [0.5, 0.6) is 0 Å². The third-order valence-corrected chi connectivity index (χ3v) is 3.35. The Bertz CT molecular complexity index is 689. The Hall–Kier alpha value is -2.04. The molecule has 4 nitrogen and oxygen atoms in total. The van der Waals surface area contributed by atoms with Gasteiger partial charge in [0.2, 0.25) is 0 Å². The molecule has 6 heteroatoms. The highest BCUT2D eigenvalue weighted by Crippen LogP contribution is 2.14. The van der Waals surface area contributed by atoms with Crippen molar-refractivity contribution in [1.82, 2.24) is 5.32 Å². The lowest BCUT2D eigenvalue weighted by molar-refractivity contribution is -0.136. The van der Waals surface area contributed by atoms with E-state index >= 15 is 0 Å². The van der Waals surface area contributed by atoms with Gasteiger partial charge in [0, 0.05) is 22.3 Å². The van der Waals surface area contributed by atoms with Crippen LogP contribution in [0.1, 0.15) is 5.56 Å². The molecular formula is C16H14Cl2N2O2. The molecule has 0 aliphatic carbocycles. The number of rotatable bonds is 4. The van der Waals surface area contributed by atoms with Crippen LogP contribution in [0.3, 0.4) is 0 Å². The Balaban J connectivity index is 1.80. The van der Waals surface area contributed by atoms with Gasteiger partial charge in [0.15, 0.2) is 0 Å². The Labute approximate surface area is 138 Å². The monoisotopic (exact) mass is 336 g/mol. The molecule has 0 aromatic heterocycles. The first-order valence-corrected chi connectivity index (χ1v) is 7.39. The fourth-order valence-corrected chi connectivity index (χ4v) is 2.25. The number of carbonyl (C=O) groups is 2. The predicted molar refractivity (Wildman–Crippen MR) is 88.2 cm³/mol. The maximum Gasteiger partial charge on any atom is 0.313 e. The summed E-state index contributed by atoms with van der Waals surface area (Å²) < 4.78 is 0. The average Bonchev–Trinajstić information content (AvgIpc) is 2.47. The highest BCUT2D eigenvalue weighted by molar-refractivity contribution is 6.39. The number of nitrogens with one attached hydrogen (secondary N) is 2. The molecule has 0 atom stereocenters. The second-order valence-electron chi connectivity index (χ2n) is 4.60. The molecule has 0 aliphatic rings. The number of benzene rings is 2. The van der Waals surface area contributed by atoms with Crippen LogP contribution in [0.4, 0.5) is 5.69 Å². The van der Waals surface area contributed by atoms with Crippen molar-refractivity contribution in [1.29, 1.82) is 0 Å². The fourth-order valence-electron chi connectivity index (χ4n) is 1.85. The molecule has 0 radical (unpaired) electrons. The molecule has 2 aromatic rings. The molecule has 114 valence electrons. The average molecular weight is 337 g/mol. The van der Waals surface area contributed by atoms with Gasteiger partial charge in [-0.1, -0.05) is 41.4 Å². The van der Waals surface area contributed by atoms with Crippen molar-refractivity contribution in [3.63, 3.8) is 0 Å². The predicted octanol–water partition coefficient (Wildman–Crippen LogP) is 3.29. The maximum atomic E-state index is 11.7. The van der Waals surface area contributed by atoms with Gasteiger partial charge >= 0.3 is 11.8 Å². The molecule has 2 amide bonds. The van der Waals surface area contributed by atoms with Crippen molar-refractivity contribution < 1.29 is 9.59 Å². The van der Waals surface area contributed by atoms with Crippen molar-refractivity contribution in [3.8, 4) is 0 Å². The highest BCUT2D eigenvalue weighted by atomic mass is 35.5. The van der Waals surface area contributed by atoms with Crippen molar-refractivity contribution in [3.05, 3.63) is 64.1 Å². The van der Waals surface area contributed by atoms with E-state index in [-0.39, 0.29) is 0 Å². The molecule has 0 bridgehead atoms. The molecule has 0 spiro atoms. The lowest BCUT2D eigenvalue weighted by atomic mass is 10.1. The Morgan fingerprint density at radius 1 is 0.909 bits per heavy atom. The minimum absolute atomic E-state index is 0.349. The number of halogens is 2. The Morgan fingerprint density at radius 2 is 1.59 bits per heavy atom. The van der Waals surface area contributed by atoms with Crippen LogP contribution in [0.25, 0.3) is 0 Å². The zero-order chi connectivity index (χ0) is 15.9. The van der Waals surface area contributed by atoms with Crippen LogP contribution in [0.2, 0.25) is 10.0 Å². The summed E-state index contributed by atoms with van der Waals surface area (Å²) in [7, 11) is 0.